The summed E-state index contributed by atoms with van der Waals surface area (Å²) in [6.45, 7) is 5.93. The molecule has 1 fully saturated rings. The van der Waals surface area contributed by atoms with Crippen molar-refractivity contribution in [2.24, 2.45) is 11.7 Å². The molecule has 0 spiro atoms. The molecule has 0 bridgehead atoms. The Kier molecular flexibility index (Phi) is 4.23. The fourth-order valence-corrected chi connectivity index (χ4v) is 2.92. The lowest BCUT2D eigenvalue weighted by Gasteiger charge is -2.29. The third kappa shape index (κ3) is 2.90. The standard InChI is InChI=1S/C14H20BrNO/c1-9-7-13(15)10(2)6-12(9)14(16)11-4-3-5-17-8-11/h6-7,11,14H,3-5,8,16H2,1-2H3. The molecule has 0 saturated carbocycles. The number of rotatable bonds is 2. The Balaban J connectivity index is 2.23. The van der Waals surface area contributed by atoms with Crippen LogP contribution in [0.4, 0.5) is 0 Å². The van der Waals surface area contributed by atoms with Gasteiger partial charge in [-0.05, 0) is 49.4 Å². The van der Waals surface area contributed by atoms with Crippen LogP contribution in [0.5, 0.6) is 0 Å². The normalized spacial score (nSPS) is 22.5. The highest BCUT2D eigenvalue weighted by Crippen LogP contribution is 2.31. The Labute approximate surface area is 112 Å². The quantitative estimate of drug-likeness (QED) is 0.907. The molecule has 1 heterocycles. The van der Waals surface area contributed by atoms with Gasteiger partial charge in [-0.2, -0.15) is 0 Å². The first-order valence-corrected chi connectivity index (χ1v) is 6.99. The van der Waals surface area contributed by atoms with E-state index in [-0.39, 0.29) is 6.04 Å². The fraction of sp³-hybridized carbons (Fsp3) is 0.571. The van der Waals surface area contributed by atoms with Crippen molar-refractivity contribution in [1.82, 2.24) is 0 Å². The number of halogens is 1. The molecule has 0 amide bonds. The molecule has 2 atom stereocenters. The summed E-state index contributed by atoms with van der Waals surface area (Å²) in [4.78, 5) is 0. The van der Waals surface area contributed by atoms with Crippen LogP contribution in [0, 0.1) is 19.8 Å². The zero-order valence-electron chi connectivity index (χ0n) is 10.5. The van der Waals surface area contributed by atoms with Crippen LogP contribution in [0.15, 0.2) is 16.6 Å². The van der Waals surface area contributed by atoms with Crippen molar-refractivity contribution in [3.63, 3.8) is 0 Å². The highest BCUT2D eigenvalue weighted by Gasteiger charge is 2.23. The smallest absolute Gasteiger partial charge is 0.0512 e. The molecule has 3 heteroatoms. The van der Waals surface area contributed by atoms with E-state index in [4.69, 9.17) is 10.5 Å². The molecule has 2 nitrogen and oxygen atoms in total. The van der Waals surface area contributed by atoms with E-state index in [1.165, 1.54) is 23.1 Å². The Hall–Kier alpha value is -0.380. The fourth-order valence-electron chi connectivity index (χ4n) is 2.47. The first-order valence-electron chi connectivity index (χ1n) is 6.19. The van der Waals surface area contributed by atoms with E-state index in [1.807, 2.05) is 0 Å². The number of benzene rings is 1. The maximum Gasteiger partial charge on any atom is 0.0512 e. The van der Waals surface area contributed by atoms with Crippen molar-refractivity contribution in [1.29, 1.82) is 0 Å². The highest BCUT2D eigenvalue weighted by molar-refractivity contribution is 9.10. The van der Waals surface area contributed by atoms with Gasteiger partial charge in [0.15, 0.2) is 0 Å². The van der Waals surface area contributed by atoms with E-state index in [9.17, 15) is 0 Å². The molecular weight excluding hydrogens is 278 g/mol. The molecule has 2 rings (SSSR count). The first-order chi connectivity index (χ1) is 8.09. The topological polar surface area (TPSA) is 35.2 Å². The van der Waals surface area contributed by atoms with Crippen molar-refractivity contribution in [2.45, 2.75) is 32.7 Å². The molecular formula is C14H20BrNO. The van der Waals surface area contributed by atoms with Crippen molar-refractivity contribution in [2.75, 3.05) is 13.2 Å². The number of ether oxygens (including phenoxy) is 1. The summed E-state index contributed by atoms with van der Waals surface area (Å²) in [6.07, 6.45) is 2.31. The molecule has 2 unspecified atom stereocenters. The van der Waals surface area contributed by atoms with E-state index in [2.05, 4.69) is 41.9 Å². The second-order valence-electron chi connectivity index (χ2n) is 4.96. The van der Waals surface area contributed by atoms with Crippen LogP contribution >= 0.6 is 15.9 Å². The van der Waals surface area contributed by atoms with Gasteiger partial charge in [0.1, 0.15) is 0 Å². The lowest BCUT2D eigenvalue weighted by molar-refractivity contribution is 0.0447. The Morgan fingerprint density at radius 1 is 1.35 bits per heavy atom. The predicted molar refractivity (Wildman–Crippen MR) is 74.1 cm³/mol. The van der Waals surface area contributed by atoms with Gasteiger partial charge >= 0.3 is 0 Å². The molecule has 1 aliphatic heterocycles. The number of nitrogens with two attached hydrogens (primary N) is 1. The van der Waals surface area contributed by atoms with E-state index in [0.29, 0.717) is 5.92 Å². The second kappa shape index (κ2) is 5.51. The summed E-state index contributed by atoms with van der Waals surface area (Å²) in [6, 6.07) is 4.47. The van der Waals surface area contributed by atoms with Crippen molar-refractivity contribution in [3.8, 4) is 0 Å². The van der Waals surface area contributed by atoms with Gasteiger partial charge in [-0.15, -0.1) is 0 Å². The monoisotopic (exact) mass is 297 g/mol. The van der Waals surface area contributed by atoms with Crippen LogP contribution in [0.2, 0.25) is 0 Å². The van der Waals surface area contributed by atoms with Crippen molar-refractivity contribution >= 4 is 15.9 Å². The van der Waals surface area contributed by atoms with Crippen LogP contribution < -0.4 is 5.73 Å². The van der Waals surface area contributed by atoms with Gasteiger partial charge in [-0.1, -0.05) is 22.0 Å². The molecule has 0 radical (unpaired) electrons. The summed E-state index contributed by atoms with van der Waals surface area (Å²) in [7, 11) is 0. The summed E-state index contributed by atoms with van der Waals surface area (Å²) in [5.74, 6) is 0.461. The van der Waals surface area contributed by atoms with Crippen LogP contribution in [0.25, 0.3) is 0 Å². The van der Waals surface area contributed by atoms with E-state index in [1.54, 1.807) is 0 Å². The Bertz CT molecular complexity index is 399. The maximum absolute atomic E-state index is 6.39. The molecule has 1 saturated heterocycles. The average molecular weight is 298 g/mol. The lowest BCUT2D eigenvalue weighted by atomic mass is 9.87. The molecule has 1 aromatic carbocycles. The number of hydrogen-bond acceptors (Lipinski definition) is 2. The lowest BCUT2D eigenvalue weighted by Crippen LogP contribution is -2.29. The second-order valence-corrected chi connectivity index (χ2v) is 5.82. The van der Waals surface area contributed by atoms with Crippen LogP contribution in [-0.2, 0) is 4.74 Å². The van der Waals surface area contributed by atoms with Crippen molar-refractivity contribution < 1.29 is 4.74 Å². The largest absolute Gasteiger partial charge is 0.381 e. The molecule has 1 aromatic rings. The van der Waals surface area contributed by atoms with Gasteiger partial charge in [0.05, 0.1) is 6.61 Å². The molecule has 0 aliphatic carbocycles. The zero-order valence-corrected chi connectivity index (χ0v) is 12.1. The van der Waals surface area contributed by atoms with Crippen LogP contribution in [0.3, 0.4) is 0 Å². The van der Waals surface area contributed by atoms with Gasteiger partial charge in [0.2, 0.25) is 0 Å². The molecule has 0 aromatic heterocycles. The van der Waals surface area contributed by atoms with E-state index >= 15 is 0 Å². The van der Waals surface area contributed by atoms with Crippen molar-refractivity contribution in [3.05, 3.63) is 33.3 Å². The van der Waals surface area contributed by atoms with Gasteiger partial charge < -0.3 is 10.5 Å². The summed E-state index contributed by atoms with van der Waals surface area (Å²) in [5, 5.41) is 0. The first kappa shape index (κ1) is 13.1. The summed E-state index contributed by atoms with van der Waals surface area (Å²) < 4.78 is 6.69. The minimum Gasteiger partial charge on any atom is -0.381 e. The van der Waals surface area contributed by atoms with E-state index < -0.39 is 0 Å². The highest BCUT2D eigenvalue weighted by atomic mass is 79.9. The minimum absolute atomic E-state index is 0.0992. The molecule has 94 valence electrons. The SMILES string of the molecule is Cc1cc(C(N)C2CCCOC2)c(C)cc1Br. The zero-order chi connectivity index (χ0) is 12.4. The van der Waals surface area contributed by atoms with Gasteiger partial charge in [0, 0.05) is 23.0 Å². The Morgan fingerprint density at radius 2 is 2.12 bits per heavy atom. The summed E-state index contributed by atoms with van der Waals surface area (Å²) >= 11 is 3.56. The number of aryl methyl sites for hydroxylation is 2. The predicted octanol–water partition coefficient (Wildman–Crippen LogP) is 3.49. The van der Waals surface area contributed by atoms with Crippen LogP contribution in [0.1, 0.15) is 35.6 Å². The molecule has 17 heavy (non-hydrogen) atoms. The molecule has 1 aliphatic rings. The van der Waals surface area contributed by atoms with Gasteiger partial charge in [-0.25, -0.2) is 0 Å². The summed E-state index contributed by atoms with van der Waals surface area (Å²) in [5.41, 5.74) is 10.2. The van der Waals surface area contributed by atoms with Gasteiger partial charge in [-0.3, -0.25) is 0 Å². The van der Waals surface area contributed by atoms with Gasteiger partial charge in [0.25, 0.3) is 0 Å². The number of hydrogen-bond donors (Lipinski definition) is 1. The third-order valence-corrected chi connectivity index (χ3v) is 4.46. The average Bonchev–Trinajstić information content (AvgIpc) is 2.34. The van der Waals surface area contributed by atoms with Crippen LogP contribution in [-0.4, -0.2) is 13.2 Å². The van der Waals surface area contributed by atoms with E-state index in [0.717, 1.165) is 24.1 Å². The minimum atomic E-state index is 0.0992. The third-order valence-electron chi connectivity index (χ3n) is 3.61. The maximum atomic E-state index is 6.39. The molecule has 2 N–H and O–H groups in total. The Morgan fingerprint density at radius 3 is 2.76 bits per heavy atom.